The van der Waals surface area contributed by atoms with Gasteiger partial charge in [0.1, 0.15) is 12.7 Å². The van der Waals surface area contributed by atoms with Gasteiger partial charge in [0.2, 0.25) is 11.9 Å². The van der Waals surface area contributed by atoms with E-state index in [2.05, 4.69) is 30.4 Å². The number of nitrogens with zero attached hydrogens (tertiary/aromatic N) is 7. The maximum Gasteiger partial charge on any atom is 0.258 e. The predicted molar refractivity (Wildman–Crippen MR) is 76.4 cm³/mol. The van der Waals surface area contributed by atoms with Gasteiger partial charge in [0.15, 0.2) is 0 Å². The largest absolute Gasteiger partial charge is 0.391 e. The first-order valence-electron chi connectivity index (χ1n) is 7.04. The molecule has 1 atom stereocenters. The third kappa shape index (κ3) is 3.07. The van der Waals surface area contributed by atoms with E-state index in [9.17, 15) is 5.11 Å². The third-order valence-corrected chi connectivity index (χ3v) is 3.25. The zero-order valence-electron chi connectivity index (χ0n) is 11.8. The topological polar surface area (TPSA) is 105 Å². The van der Waals surface area contributed by atoms with E-state index in [4.69, 9.17) is 0 Å². The van der Waals surface area contributed by atoms with Crippen molar-refractivity contribution in [1.82, 2.24) is 29.7 Å². The molecule has 112 valence electrons. The summed E-state index contributed by atoms with van der Waals surface area (Å²) < 4.78 is 1.49. The van der Waals surface area contributed by atoms with Gasteiger partial charge >= 0.3 is 0 Å². The summed E-state index contributed by atoms with van der Waals surface area (Å²) in [5.41, 5.74) is 0. The monoisotopic (exact) mass is 290 g/mol. The molecule has 0 saturated carbocycles. The average Bonchev–Trinajstić information content (AvgIpc) is 3.01. The van der Waals surface area contributed by atoms with Gasteiger partial charge in [-0.1, -0.05) is 0 Å². The number of rotatable bonds is 4. The van der Waals surface area contributed by atoms with Crippen molar-refractivity contribution in [1.29, 1.82) is 0 Å². The second kappa shape index (κ2) is 6.00. The van der Waals surface area contributed by atoms with E-state index >= 15 is 0 Å². The molecule has 0 aromatic carbocycles. The zero-order chi connectivity index (χ0) is 14.7. The summed E-state index contributed by atoms with van der Waals surface area (Å²) in [5.74, 6) is 1.45. The molecule has 0 radical (unpaired) electrons. The second-order valence-corrected chi connectivity index (χ2v) is 4.87. The molecule has 3 rings (SSSR count). The van der Waals surface area contributed by atoms with E-state index in [0.29, 0.717) is 30.9 Å². The summed E-state index contributed by atoms with van der Waals surface area (Å²) in [6.45, 7) is 4.04. The van der Waals surface area contributed by atoms with Crippen molar-refractivity contribution in [2.75, 3.05) is 29.9 Å². The molecule has 0 spiro atoms. The van der Waals surface area contributed by atoms with E-state index < -0.39 is 0 Å². The Kier molecular flexibility index (Phi) is 3.91. The van der Waals surface area contributed by atoms with E-state index in [0.717, 1.165) is 19.4 Å². The van der Waals surface area contributed by atoms with Gasteiger partial charge in [0.25, 0.3) is 5.95 Å². The molecule has 1 saturated heterocycles. The molecular weight excluding hydrogens is 272 g/mol. The molecule has 9 nitrogen and oxygen atoms in total. The fourth-order valence-electron chi connectivity index (χ4n) is 2.28. The standard InChI is InChI=1S/C12H18N8O/c1-2-14-10-16-11(19-5-3-4-9(21)6-19)18-12(17-10)20-8-13-7-15-20/h7-9,21H,2-6H2,1H3,(H,14,16,17,18). The van der Waals surface area contributed by atoms with Crippen molar-refractivity contribution >= 4 is 11.9 Å². The van der Waals surface area contributed by atoms with Crippen molar-refractivity contribution in [3.63, 3.8) is 0 Å². The van der Waals surface area contributed by atoms with Gasteiger partial charge < -0.3 is 15.3 Å². The first-order chi connectivity index (χ1) is 10.3. The van der Waals surface area contributed by atoms with Crippen molar-refractivity contribution in [3.05, 3.63) is 12.7 Å². The number of β-amino-alcohol motifs (C(OH)–C–C–N with tert-alkyl or cyclic N) is 1. The fraction of sp³-hybridized carbons (Fsp3) is 0.583. The Labute approximate surface area is 122 Å². The quantitative estimate of drug-likeness (QED) is 0.800. The smallest absolute Gasteiger partial charge is 0.258 e. The van der Waals surface area contributed by atoms with Gasteiger partial charge in [-0.25, -0.2) is 4.98 Å². The Morgan fingerprint density at radius 2 is 2.19 bits per heavy atom. The summed E-state index contributed by atoms with van der Waals surface area (Å²) in [6.07, 6.45) is 4.37. The first kappa shape index (κ1) is 13.7. The van der Waals surface area contributed by atoms with Crippen LogP contribution in [-0.2, 0) is 0 Å². The van der Waals surface area contributed by atoms with Crippen LogP contribution in [0.5, 0.6) is 0 Å². The van der Waals surface area contributed by atoms with Crippen LogP contribution in [0.15, 0.2) is 12.7 Å². The third-order valence-electron chi connectivity index (χ3n) is 3.25. The molecular formula is C12H18N8O. The molecule has 2 aromatic rings. The highest BCUT2D eigenvalue weighted by Gasteiger charge is 2.21. The van der Waals surface area contributed by atoms with Crippen LogP contribution in [-0.4, -0.2) is 60.6 Å². The van der Waals surface area contributed by atoms with Gasteiger partial charge in [-0.15, -0.1) is 0 Å². The van der Waals surface area contributed by atoms with Gasteiger partial charge in [-0.3, -0.25) is 0 Å². The molecule has 1 aliphatic rings. The minimum atomic E-state index is -0.340. The first-order valence-corrected chi connectivity index (χ1v) is 7.04. The van der Waals surface area contributed by atoms with Crippen molar-refractivity contribution in [2.45, 2.75) is 25.9 Å². The Morgan fingerprint density at radius 1 is 1.33 bits per heavy atom. The fourth-order valence-corrected chi connectivity index (χ4v) is 2.28. The van der Waals surface area contributed by atoms with Crippen LogP contribution in [0.1, 0.15) is 19.8 Å². The van der Waals surface area contributed by atoms with Gasteiger partial charge in [-0.05, 0) is 19.8 Å². The number of aromatic nitrogens is 6. The Morgan fingerprint density at radius 3 is 2.90 bits per heavy atom. The number of hydrogen-bond donors (Lipinski definition) is 2. The normalized spacial score (nSPS) is 18.8. The minimum Gasteiger partial charge on any atom is -0.391 e. The average molecular weight is 290 g/mol. The van der Waals surface area contributed by atoms with Crippen LogP contribution in [0, 0.1) is 0 Å². The van der Waals surface area contributed by atoms with Crippen molar-refractivity contribution < 1.29 is 5.11 Å². The molecule has 3 heterocycles. The second-order valence-electron chi connectivity index (χ2n) is 4.87. The lowest BCUT2D eigenvalue weighted by Crippen LogP contribution is -2.39. The summed E-state index contributed by atoms with van der Waals surface area (Å²) in [7, 11) is 0. The lowest BCUT2D eigenvalue weighted by atomic mass is 10.1. The number of nitrogens with one attached hydrogen (secondary N) is 1. The van der Waals surface area contributed by atoms with Gasteiger partial charge in [0.05, 0.1) is 6.10 Å². The van der Waals surface area contributed by atoms with Gasteiger partial charge in [0, 0.05) is 19.6 Å². The highest BCUT2D eigenvalue weighted by Crippen LogP contribution is 2.18. The highest BCUT2D eigenvalue weighted by molar-refractivity contribution is 5.40. The zero-order valence-corrected chi connectivity index (χ0v) is 11.8. The molecule has 1 unspecified atom stereocenters. The molecule has 2 N–H and O–H groups in total. The minimum absolute atomic E-state index is 0.340. The lowest BCUT2D eigenvalue weighted by Gasteiger charge is -2.30. The van der Waals surface area contributed by atoms with Crippen LogP contribution >= 0.6 is 0 Å². The van der Waals surface area contributed by atoms with Crippen molar-refractivity contribution in [3.8, 4) is 5.95 Å². The molecule has 0 amide bonds. The summed E-state index contributed by atoms with van der Waals surface area (Å²) in [5, 5.41) is 16.9. The SMILES string of the molecule is CCNc1nc(N2CCCC(O)C2)nc(-n2cncn2)n1. The highest BCUT2D eigenvalue weighted by atomic mass is 16.3. The number of anilines is 2. The van der Waals surface area contributed by atoms with Crippen LogP contribution in [0.2, 0.25) is 0 Å². The molecule has 0 aliphatic carbocycles. The number of hydrogen-bond acceptors (Lipinski definition) is 8. The van der Waals surface area contributed by atoms with Crippen LogP contribution in [0.4, 0.5) is 11.9 Å². The maximum atomic E-state index is 9.81. The van der Waals surface area contributed by atoms with E-state index in [1.165, 1.54) is 11.0 Å². The Bertz CT molecular complexity index is 587. The van der Waals surface area contributed by atoms with Crippen LogP contribution in [0.25, 0.3) is 5.95 Å². The Balaban J connectivity index is 1.95. The Hall–Kier alpha value is -2.29. The molecule has 1 fully saturated rings. The van der Waals surface area contributed by atoms with E-state index in [1.54, 1.807) is 6.33 Å². The molecule has 2 aromatic heterocycles. The molecule has 9 heteroatoms. The molecule has 0 bridgehead atoms. The summed E-state index contributed by atoms with van der Waals surface area (Å²) in [6, 6.07) is 0. The molecule has 1 aliphatic heterocycles. The van der Waals surface area contributed by atoms with E-state index in [1.807, 2.05) is 11.8 Å². The predicted octanol–water partition coefficient (Wildman–Crippen LogP) is -0.155. The van der Waals surface area contributed by atoms with Crippen molar-refractivity contribution in [2.24, 2.45) is 0 Å². The van der Waals surface area contributed by atoms with E-state index in [-0.39, 0.29) is 6.10 Å². The summed E-state index contributed by atoms with van der Waals surface area (Å²) in [4.78, 5) is 19.0. The maximum absolute atomic E-state index is 9.81. The lowest BCUT2D eigenvalue weighted by molar-refractivity contribution is 0.153. The number of aliphatic hydroxyl groups is 1. The number of aliphatic hydroxyl groups excluding tert-OH is 1. The summed E-state index contributed by atoms with van der Waals surface area (Å²) >= 11 is 0. The number of piperidine rings is 1. The molecule has 21 heavy (non-hydrogen) atoms. The van der Waals surface area contributed by atoms with Gasteiger partial charge in [-0.2, -0.15) is 24.7 Å². The van der Waals surface area contributed by atoms with Crippen LogP contribution < -0.4 is 10.2 Å². The van der Waals surface area contributed by atoms with Crippen LogP contribution in [0.3, 0.4) is 0 Å².